The van der Waals surface area contributed by atoms with Gasteiger partial charge >= 0.3 is 6.18 Å². The molecule has 4 rings (SSSR count). The Balaban J connectivity index is 1.63. The molecule has 158 valence electrons. The van der Waals surface area contributed by atoms with Crippen LogP contribution in [0.4, 0.5) is 19.0 Å². The van der Waals surface area contributed by atoms with Crippen LogP contribution in [0.1, 0.15) is 73.6 Å². The van der Waals surface area contributed by atoms with Crippen molar-refractivity contribution in [1.29, 1.82) is 0 Å². The first kappa shape index (κ1) is 19.8. The first-order chi connectivity index (χ1) is 13.8. The van der Waals surface area contributed by atoms with Gasteiger partial charge in [-0.25, -0.2) is 4.68 Å². The molecule has 10 heteroatoms. The molecular weight excluding hydrogens is 387 g/mol. The molecule has 1 saturated heterocycles. The number of alkyl halides is 3. The van der Waals surface area contributed by atoms with E-state index in [9.17, 15) is 18.0 Å². The van der Waals surface area contributed by atoms with Crippen molar-refractivity contribution in [2.75, 3.05) is 11.9 Å². The monoisotopic (exact) mass is 411 g/mol. The maximum Gasteiger partial charge on any atom is 0.410 e. The second kappa shape index (κ2) is 7.38. The Bertz CT molecular complexity index is 891. The lowest BCUT2D eigenvalue weighted by molar-refractivity contribution is -0.173. The van der Waals surface area contributed by atoms with Crippen LogP contribution in [0.15, 0.2) is 16.7 Å². The Hall–Kier alpha value is -2.52. The van der Waals surface area contributed by atoms with Gasteiger partial charge in [-0.3, -0.25) is 4.79 Å². The summed E-state index contributed by atoms with van der Waals surface area (Å²) in [6.07, 6.45) is -1.82. The molecule has 2 aromatic rings. The summed E-state index contributed by atoms with van der Waals surface area (Å²) >= 11 is 0. The van der Waals surface area contributed by atoms with Gasteiger partial charge in [0.15, 0.2) is 11.7 Å². The van der Waals surface area contributed by atoms with Crippen LogP contribution in [-0.4, -0.2) is 44.5 Å². The Morgan fingerprint density at radius 2 is 2.14 bits per heavy atom. The number of likely N-dealkylation sites (tertiary alicyclic amines) is 1. The summed E-state index contributed by atoms with van der Waals surface area (Å²) in [5.74, 6) is 0.687. The number of nitrogens with one attached hydrogen (secondary N) is 1. The van der Waals surface area contributed by atoms with E-state index in [1.807, 2.05) is 13.8 Å². The predicted octanol–water partition coefficient (Wildman–Crippen LogP) is 4.11. The fourth-order valence-electron chi connectivity index (χ4n) is 4.14. The normalized spacial score (nSPS) is 24.4. The van der Waals surface area contributed by atoms with E-state index < -0.39 is 12.2 Å². The molecular formula is C19H24F3N5O2. The largest absolute Gasteiger partial charge is 0.410 e. The number of hydrogen-bond acceptors (Lipinski definition) is 5. The highest BCUT2D eigenvalue weighted by Gasteiger charge is 2.46. The van der Waals surface area contributed by atoms with Gasteiger partial charge in [0.2, 0.25) is 0 Å². The molecule has 0 spiro atoms. The number of nitrogens with zero attached hydrogens (tertiary/aromatic N) is 4. The third-order valence-corrected chi connectivity index (χ3v) is 5.76. The van der Waals surface area contributed by atoms with Crippen molar-refractivity contribution >= 4 is 11.7 Å². The molecule has 4 heterocycles. The number of carbonyl (C=O) groups excluding carboxylic acids is 1. The summed E-state index contributed by atoms with van der Waals surface area (Å²) in [4.78, 5) is 14.5. The number of aromatic nitrogens is 3. The van der Waals surface area contributed by atoms with Crippen molar-refractivity contribution in [2.24, 2.45) is 0 Å². The summed E-state index contributed by atoms with van der Waals surface area (Å²) < 4.78 is 47.0. The summed E-state index contributed by atoms with van der Waals surface area (Å²) in [7, 11) is 0. The lowest BCUT2D eigenvalue weighted by Gasteiger charge is -2.32. The van der Waals surface area contributed by atoms with E-state index in [4.69, 9.17) is 4.52 Å². The molecule has 1 unspecified atom stereocenters. The minimum Gasteiger partial charge on any atom is -0.367 e. The Morgan fingerprint density at radius 3 is 2.79 bits per heavy atom. The topological polar surface area (TPSA) is 76.2 Å². The molecule has 0 saturated carbocycles. The van der Waals surface area contributed by atoms with E-state index in [1.165, 1.54) is 0 Å². The van der Waals surface area contributed by atoms with E-state index in [0.717, 1.165) is 11.1 Å². The number of aryl methyl sites for hydroxylation is 1. The second-order valence-electron chi connectivity index (χ2n) is 7.63. The van der Waals surface area contributed by atoms with Crippen LogP contribution < -0.4 is 5.32 Å². The van der Waals surface area contributed by atoms with Gasteiger partial charge in [-0.15, -0.1) is 0 Å². The third kappa shape index (κ3) is 3.60. The highest BCUT2D eigenvalue weighted by molar-refractivity contribution is 5.92. The van der Waals surface area contributed by atoms with Gasteiger partial charge in [0.05, 0.1) is 11.7 Å². The molecule has 2 aliphatic heterocycles. The van der Waals surface area contributed by atoms with Crippen LogP contribution in [0.3, 0.4) is 0 Å². The van der Waals surface area contributed by atoms with E-state index >= 15 is 0 Å². The Kier molecular flexibility index (Phi) is 5.04. The maximum absolute atomic E-state index is 13.6. The standard InChI is InChI=1S/C19H24F3N5O2/c1-3-11-8-16(19(20,21)22)27-17(23-11)10-13(24-27)15-6-5-7-26(15)18(28)14-9-12(4-2)29-25-14/h9-11,15-16,23H,3-8H2,1-2H3/t11-,15?,16-/m1/s1. The second-order valence-corrected chi connectivity index (χ2v) is 7.63. The number of halogens is 3. The number of hydrogen-bond donors (Lipinski definition) is 1. The van der Waals surface area contributed by atoms with E-state index in [0.29, 0.717) is 43.1 Å². The zero-order chi connectivity index (χ0) is 20.8. The smallest absolute Gasteiger partial charge is 0.367 e. The summed E-state index contributed by atoms with van der Waals surface area (Å²) in [6.45, 7) is 4.27. The minimum absolute atomic E-state index is 0.0554. The zero-order valence-electron chi connectivity index (χ0n) is 16.4. The molecule has 0 radical (unpaired) electrons. The van der Waals surface area contributed by atoms with Crippen LogP contribution in [0.2, 0.25) is 0 Å². The molecule has 29 heavy (non-hydrogen) atoms. The SMILES string of the molecule is CCc1cc(C(=O)N2CCCC2c2cc3n(n2)[C@@H](C(F)(F)F)C[C@@H](CC)N3)no1. The van der Waals surface area contributed by atoms with Gasteiger partial charge in [-0.1, -0.05) is 19.0 Å². The molecule has 2 aliphatic rings. The molecule has 1 N–H and O–H groups in total. The molecule has 3 atom stereocenters. The van der Waals surface area contributed by atoms with Gasteiger partial charge in [0, 0.05) is 31.1 Å². The van der Waals surface area contributed by atoms with Crippen LogP contribution >= 0.6 is 0 Å². The lowest BCUT2D eigenvalue weighted by Crippen LogP contribution is -2.39. The highest BCUT2D eigenvalue weighted by Crippen LogP contribution is 2.42. The van der Waals surface area contributed by atoms with E-state index in [1.54, 1.807) is 17.0 Å². The van der Waals surface area contributed by atoms with Crippen molar-refractivity contribution in [3.8, 4) is 0 Å². The Morgan fingerprint density at radius 1 is 1.34 bits per heavy atom. The van der Waals surface area contributed by atoms with Crippen molar-refractivity contribution in [1.82, 2.24) is 19.8 Å². The molecule has 7 nitrogen and oxygen atoms in total. The molecule has 2 aromatic heterocycles. The predicted molar refractivity (Wildman–Crippen MR) is 98.5 cm³/mol. The van der Waals surface area contributed by atoms with Crippen molar-refractivity contribution in [3.63, 3.8) is 0 Å². The van der Waals surface area contributed by atoms with Gasteiger partial charge in [-0.2, -0.15) is 18.3 Å². The Labute approximate surface area is 166 Å². The molecule has 0 aromatic carbocycles. The summed E-state index contributed by atoms with van der Waals surface area (Å²) in [5.41, 5.74) is 0.693. The first-order valence-corrected chi connectivity index (χ1v) is 10.0. The first-order valence-electron chi connectivity index (χ1n) is 10.0. The summed E-state index contributed by atoms with van der Waals surface area (Å²) in [5, 5.41) is 11.3. The number of rotatable bonds is 4. The fourth-order valence-corrected chi connectivity index (χ4v) is 4.14. The van der Waals surface area contributed by atoms with E-state index in [-0.39, 0.29) is 30.1 Å². The van der Waals surface area contributed by atoms with Crippen molar-refractivity contribution < 1.29 is 22.5 Å². The molecule has 1 fully saturated rings. The van der Waals surface area contributed by atoms with E-state index in [2.05, 4.69) is 15.6 Å². The number of carbonyl (C=O) groups is 1. The molecule has 0 bridgehead atoms. The molecule has 0 aliphatic carbocycles. The fraction of sp³-hybridized carbons (Fsp3) is 0.632. The number of amides is 1. The molecule has 1 amide bonds. The van der Waals surface area contributed by atoms with Gasteiger partial charge in [0.25, 0.3) is 5.91 Å². The van der Waals surface area contributed by atoms with Gasteiger partial charge in [0.1, 0.15) is 11.6 Å². The maximum atomic E-state index is 13.6. The lowest BCUT2D eigenvalue weighted by atomic mass is 10.0. The minimum atomic E-state index is -4.38. The van der Waals surface area contributed by atoms with Crippen LogP contribution in [0.5, 0.6) is 0 Å². The van der Waals surface area contributed by atoms with Crippen LogP contribution in [0, 0.1) is 0 Å². The van der Waals surface area contributed by atoms with Crippen LogP contribution in [-0.2, 0) is 6.42 Å². The average Bonchev–Trinajstić information content (AvgIpc) is 3.43. The number of fused-ring (bicyclic) bond motifs is 1. The zero-order valence-corrected chi connectivity index (χ0v) is 16.4. The highest BCUT2D eigenvalue weighted by atomic mass is 19.4. The number of anilines is 1. The van der Waals surface area contributed by atoms with Crippen molar-refractivity contribution in [2.45, 2.75) is 70.3 Å². The van der Waals surface area contributed by atoms with Gasteiger partial charge in [-0.05, 0) is 25.7 Å². The average molecular weight is 411 g/mol. The summed E-state index contributed by atoms with van der Waals surface area (Å²) in [6, 6.07) is 0.964. The van der Waals surface area contributed by atoms with Crippen molar-refractivity contribution in [3.05, 3.63) is 29.3 Å². The quantitative estimate of drug-likeness (QED) is 0.820. The van der Waals surface area contributed by atoms with Gasteiger partial charge < -0.3 is 14.7 Å². The van der Waals surface area contributed by atoms with Crippen LogP contribution in [0.25, 0.3) is 0 Å². The third-order valence-electron chi connectivity index (χ3n) is 5.76.